The van der Waals surface area contributed by atoms with Crippen molar-refractivity contribution in [1.29, 1.82) is 0 Å². The van der Waals surface area contributed by atoms with E-state index < -0.39 is 0 Å². The Bertz CT molecular complexity index is 3490. The molecule has 316 valence electrons. The van der Waals surface area contributed by atoms with Gasteiger partial charge in [-0.05, 0) is 111 Å². The molecular formula is C60H48BBrILiN2. The Morgan fingerprint density at radius 3 is 1.48 bits per heavy atom. The Morgan fingerprint density at radius 2 is 0.909 bits per heavy atom. The third-order valence-corrected chi connectivity index (χ3v) is 13.8. The summed E-state index contributed by atoms with van der Waals surface area (Å²) in [6.45, 7) is 24.7. The van der Waals surface area contributed by atoms with Gasteiger partial charge in [0.25, 0.3) is 0 Å². The summed E-state index contributed by atoms with van der Waals surface area (Å²) in [7, 11) is 0. The second-order valence-electron chi connectivity index (χ2n) is 16.9. The molecule has 0 saturated carbocycles. The maximum absolute atomic E-state index is 4.33. The van der Waals surface area contributed by atoms with Crippen molar-refractivity contribution in [2.75, 3.05) is 0 Å². The van der Waals surface area contributed by atoms with Gasteiger partial charge in [0, 0.05) is 40.8 Å². The van der Waals surface area contributed by atoms with Crippen LogP contribution in [-0.4, -0.2) is 15.8 Å². The van der Waals surface area contributed by atoms with Gasteiger partial charge in [-0.15, -0.1) is 59.7 Å². The minimum absolute atomic E-state index is 0. The zero-order chi connectivity index (χ0) is 45.5. The Hall–Kier alpha value is -5.81. The van der Waals surface area contributed by atoms with Crippen LogP contribution in [0.25, 0.3) is 77.3 Å². The molecular weight excluding hydrogens is 973 g/mol. The van der Waals surface area contributed by atoms with Crippen LogP contribution in [0.3, 0.4) is 0 Å². The molecule has 3 heterocycles. The SMILES string of the molecule is Brc1cccc2c3ccccc3n(-c3ccccc3I)c12.C=C(C)c1[c-]c(C(=C)C)ccc1.C=C(C)c1cccc(C(=C)C)c1B1c2ccccc2-n2c3ccccc3c3cccc1c32.[Li+]. The number of benzene rings is 8. The van der Waals surface area contributed by atoms with Gasteiger partial charge in [0.05, 0.1) is 22.2 Å². The molecule has 0 spiro atoms. The monoisotopic (exact) mass is 1020 g/mol. The third-order valence-electron chi connectivity index (χ3n) is 12.3. The quantitative estimate of drug-likeness (QED) is 0.0892. The maximum atomic E-state index is 4.33. The number of aromatic nitrogens is 2. The average molecular weight is 1020 g/mol. The molecule has 0 radical (unpaired) electrons. The van der Waals surface area contributed by atoms with Gasteiger partial charge in [0.15, 0.2) is 0 Å². The molecule has 0 bridgehead atoms. The minimum atomic E-state index is 0. The standard InChI is InChI=1S/C30H24BN.C18H11BrIN.C12H13.Li/c1-19(2)21-12-9-13-22(20(3)4)29(21)31-25-15-6-8-18-28(25)32-27-17-7-5-11-23(27)24-14-10-16-26(31)30(24)32;19-14-8-5-7-13-12-6-1-3-10-16(12)21(18(13)14)17-11-4-2-9-15(17)20;1-9(2)11-6-5-7-12(8-11)10(3)4;/h5-18H,1,3H2,2,4H3;1-11H;5-7H,1,3H2,2,4H3;/q;;-1;+1. The Balaban J connectivity index is 0.000000150. The van der Waals surface area contributed by atoms with Crippen LogP contribution in [0.5, 0.6) is 0 Å². The predicted molar refractivity (Wildman–Crippen MR) is 297 cm³/mol. The van der Waals surface area contributed by atoms with Crippen molar-refractivity contribution in [3.8, 4) is 11.4 Å². The predicted octanol–water partition coefficient (Wildman–Crippen LogP) is 12.4. The van der Waals surface area contributed by atoms with Crippen LogP contribution in [0, 0.1) is 9.64 Å². The second-order valence-corrected chi connectivity index (χ2v) is 18.9. The van der Waals surface area contributed by atoms with E-state index in [1.54, 1.807) is 0 Å². The normalized spacial score (nSPS) is 11.3. The van der Waals surface area contributed by atoms with Crippen molar-refractivity contribution in [2.24, 2.45) is 0 Å². The molecule has 6 heteroatoms. The summed E-state index contributed by atoms with van der Waals surface area (Å²) in [6, 6.07) is 63.6. The van der Waals surface area contributed by atoms with Crippen LogP contribution in [0.1, 0.15) is 49.9 Å². The van der Waals surface area contributed by atoms with Crippen molar-refractivity contribution < 1.29 is 18.9 Å². The van der Waals surface area contributed by atoms with Gasteiger partial charge in [-0.1, -0.05) is 159 Å². The molecule has 0 fully saturated rings. The van der Waals surface area contributed by atoms with Crippen LogP contribution in [0.15, 0.2) is 201 Å². The van der Waals surface area contributed by atoms with Gasteiger partial charge in [-0.2, -0.15) is 0 Å². The topological polar surface area (TPSA) is 9.86 Å². The number of nitrogens with zero attached hydrogens (tertiary/aromatic N) is 2. The first-order chi connectivity index (χ1) is 31.5. The molecule has 0 saturated heterocycles. The van der Waals surface area contributed by atoms with Crippen LogP contribution < -0.4 is 35.2 Å². The van der Waals surface area contributed by atoms with Crippen LogP contribution in [-0.2, 0) is 0 Å². The van der Waals surface area contributed by atoms with Gasteiger partial charge in [-0.25, -0.2) is 0 Å². The number of halogens is 2. The molecule has 2 aromatic heterocycles. The number of allylic oxidation sites excluding steroid dienone is 4. The van der Waals surface area contributed by atoms with Gasteiger partial charge in [0.1, 0.15) is 0 Å². The molecule has 1 aliphatic heterocycles. The van der Waals surface area contributed by atoms with E-state index in [0.29, 0.717) is 0 Å². The molecule has 2 nitrogen and oxygen atoms in total. The minimum Gasteiger partial charge on any atom is -0.310 e. The van der Waals surface area contributed by atoms with Gasteiger partial charge in [0.2, 0.25) is 6.71 Å². The van der Waals surface area contributed by atoms with Gasteiger partial charge >= 0.3 is 18.9 Å². The molecule has 66 heavy (non-hydrogen) atoms. The number of fused-ring (bicyclic) bond motifs is 8. The van der Waals surface area contributed by atoms with Gasteiger partial charge in [-0.3, -0.25) is 0 Å². The molecule has 0 unspecified atom stereocenters. The summed E-state index contributed by atoms with van der Waals surface area (Å²) >= 11 is 6.13. The largest absolute Gasteiger partial charge is 1.00 e. The number of rotatable bonds is 6. The molecule has 11 rings (SSSR count). The van der Waals surface area contributed by atoms with Crippen LogP contribution >= 0.6 is 38.5 Å². The van der Waals surface area contributed by atoms with Crippen molar-refractivity contribution in [3.63, 3.8) is 0 Å². The molecule has 0 amide bonds. The Morgan fingerprint density at radius 1 is 0.470 bits per heavy atom. The van der Waals surface area contributed by atoms with Crippen molar-refractivity contribution in [3.05, 3.63) is 233 Å². The van der Waals surface area contributed by atoms with E-state index in [-0.39, 0.29) is 25.6 Å². The van der Waals surface area contributed by atoms with Crippen molar-refractivity contribution in [1.82, 2.24) is 9.13 Å². The maximum Gasteiger partial charge on any atom is 1.00 e. The fourth-order valence-corrected chi connectivity index (χ4v) is 10.6. The molecule has 0 N–H and O–H groups in total. The fraction of sp³-hybridized carbons (Fsp3) is 0.0667. The third kappa shape index (κ3) is 8.44. The van der Waals surface area contributed by atoms with Gasteiger partial charge < -0.3 is 9.13 Å². The average Bonchev–Trinajstić information content (AvgIpc) is 3.84. The summed E-state index contributed by atoms with van der Waals surface area (Å²) in [4.78, 5) is 0. The van der Waals surface area contributed by atoms with Crippen molar-refractivity contribution in [2.45, 2.75) is 27.7 Å². The Kier molecular flexibility index (Phi) is 13.9. The first-order valence-electron chi connectivity index (χ1n) is 21.8. The number of hydrogen-bond donors (Lipinski definition) is 0. The zero-order valence-corrected chi connectivity index (χ0v) is 42.0. The fourth-order valence-electron chi connectivity index (χ4n) is 9.39. The van der Waals surface area contributed by atoms with E-state index in [0.717, 1.165) is 37.9 Å². The number of para-hydroxylation sites is 6. The first kappa shape index (κ1) is 46.7. The van der Waals surface area contributed by atoms with E-state index in [9.17, 15) is 0 Å². The smallest absolute Gasteiger partial charge is 0.310 e. The molecule has 0 aliphatic carbocycles. The van der Waals surface area contributed by atoms with E-state index in [4.69, 9.17) is 0 Å². The molecule has 10 aromatic rings. The van der Waals surface area contributed by atoms with E-state index in [2.05, 4.69) is 246 Å². The Labute approximate surface area is 423 Å². The molecule has 1 aliphatic rings. The summed E-state index contributed by atoms with van der Waals surface area (Å²) in [5.74, 6) is 0. The van der Waals surface area contributed by atoms with Crippen LogP contribution in [0.4, 0.5) is 0 Å². The summed E-state index contributed by atoms with van der Waals surface area (Å²) in [5.41, 5.74) is 20.3. The van der Waals surface area contributed by atoms with E-state index >= 15 is 0 Å². The van der Waals surface area contributed by atoms with Crippen molar-refractivity contribution >= 4 is 128 Å². The molecule has 8 aromatic carbocycles. The summed E-state index contributed by atoms with van der Waals surface area (Å²) < 4.78 is 7.16. The van der Waals surface area contributed by atoms with E-state index in [1.807, 2.05) is 32.0 Å². The second kappa shape index (κ2) is 19.6. The first-order valence-corrected chi connectivity index (χ1v) is 23.7. The van der Waals surface area contributed by atoms with Crippen LogP contribution in [0.2, 0.25) is 0 Å². The molecule has 0 atom stereocenters. The zero-order valence-electron chi connectivity index (χ0n) is 38.2. The number of hydrogen-bond acceptors (Lipinski definition) is 0. The summed E-state index contributed by atoms with van der Waals surface area (Å²) in [6.07, 6.45) is 0. The summed E-state index contributed by atoms with van der Waals surface area (Å²) in [5, 5.41) is 5.17. The van der Waals surface area contributed by atoms with E-state index in [1.165, 1.54) is 86.1 Å².